The Hall–Kier alpha value is -1.30. The highest BCUT2D eigenvalue weighted by Gasteiger charge is 2.12. The van der Waals surface area contributed by atoms with Gasteiger partial charge < -0.3 is 20.5 Å². The van der Waals surface area contributed by atoms with Gasteiger partial charge in [0.25, 0.3) is 0 Å². The van der Waals surface area contributed by atoms with E-state index in [9.17, 15) is 9.59 Å². The molecule has 2 atom stereocenters. The second-order valence-electron chi connectivity index (χ2n) is 4.01. The number of aliphatic carboxylic acids is 1. The Kier molecular flexibility index (Phi) is 8.13. The average molecular weight is 246 g/mol. The number of hydrogen-bond donors (Lipinski definition) is 3. The molecular formula is C11H22N2O4. The summed E-state index contributed by atoms with van der Waals surface area (Å²) in [7, 11) is 1.58. The zero-order valence-electron chi connectivity index (χ0n) is 10.7. The van der Waals surface area contributed by atoms with Crippen LogP contribution >= 0.6 is 0 Å². The van der Waals surface area contributed by atoms with Crippen LogP contribution in [0.25, 0.3) is 0 Å². The molecule has 0 rings (SSSR count). The van der Waals surface area contributed by atoms with Gasteiger partial charge in [0, 0.05) is 19.6 Å². The van der Waals surface area contributed by atoms with E-state index in [1.54, 1.807) is 14.0 Å². The summed E-state index contributed by atoms with van der Waals surface area (Å²) in [6, 6.07) is -0.468. The number of carbonyl (C=O) groups excluding carboxylic acids is 1. The lowest BCUT2D eigenvalue weighted by Gasteiger charge is -2.19. The summed E-state index contributed by atoms with van der Waals surface area (Å²) >= 11 is 0. The molecule has 0 aromatic rings. The lowest BCUT2D eigenvalue weighted by Crippen LogP contribution is -2.46. The quantitative estimate of drug-likeness (QED) is 0.595. The highest BCUT2D eigenvalue weighted by molar-refractivity contribution is 5.74. The minimum atomic E-state index is -0.857. The van der Waals surface area contributed by atoms with Crippen molar-refractivity contribution >= 4 is 12.0 Å². The summed E-state index contributed by atoms with van der Waals surface area (Å²) in [6.07, 6.45) is 1.26. The largest absolute Gasteiger partial charge is 0.481 e. The third kappa shape index (κ3) is 8.50. The summed E-state index contributed by atoms with van der Waals surface area (Å²) < 4.78 is 4.96. The monoisotopic (exact) mass is 246 g/mol. The van der Waals surface area contributed by atoms with Crippen LogP contribution in [0.2, 0.25) is 0 Å². The first-order valence-corrected chi connectivity index (χ1v) is 5.77. The minimum absolute atomic E-state index is 0.0216. The molecule has 6 nitrogen and oxygen atoms in total. The third-order valence-corrected chi connectivity index (χ3v) is 2.36. The Morgan fingerprint density at radius 3 is 2.47 bits per heavy atom. The van der Waals surface area contributed by atoms with Gasteiger partial charge in [-0.3, -0.25) is 4.79 Å². The molecule has 2 unspecified atom stereocenters. The van der Waals surface area contributed by atoms with Gasteiger partial charge >= 0.3 is 12.0 Å². The summed E-state index contributed by atoms with van der Waals surface area (Å²) in [4.78, 5) is 21.9. The molecule has 2 amide bonds. The lowest BCUT2D eigenvalue weighted by atomic mass is 10.2. The molecule has 3 N–H and O–H groups in total. The molecule has 100 valence electrons. The Balaban J connectivity index is 3.86. The van der Waals surface area contributed by atoms with Crippen LogP contribution in [-0.4, -0.2) is 42.9 Å². The second kappa shape index (κ2) is 8.81. The van der Waals surface area contributed by atoms with Crippen molar-refractivity contribution < 1.29 is 19.4 Å². The Labute approximate surface area is 102 Å². The number of nitrogens with one attached hydrogen (secondary N) is 2. The maximum atomic E-state index is 11.5. The van der Waals surface area contributed by atoms with Gasteiger partial charge in [0.15, 0.2) is 0 Å². The van der Waals surface area contributed by atoms with Crippen LogP contribution in [0.4, 0.5) is 4.79 Å². The fourth-order valence-corrected chi connectivity index (χ4v) is 1.33. The van der Waals surface area contributed by atoms with Gasteiger partial charge in [0.05, 0.1) is 12.6 Å². The van der Waals surface area contributed by atoms with Crippen LogP contribution in [0.5, 0.6) is 0 Å². The molecule has 17 heavy (non-hydrogen) atoms. The zero-order valence-corrected chi connectivity index (χ0v) is 10.7. The van der Waals surface area contributed by atoms with Crippen LogP contribution in [0.15, 0.2) is 0 Å². The topological polar surface area (TPSA) is 87.7 Å². The standard InChI is InChI=1S/C11H22N2O4/c1-4-9(7-17-3)13-11(16)12-8(2)5-6-10(14)15/h8-9H,4-7H2,1-3H3,(H,14,15)(H2,12,13,16). The first kappa shape index (κ1) is 15.7. The fourth-order valence-electron chi connectivity index (χ4n) is 1.33. The maximum Gasteiger partial charge on any atom is 0.315 e. The third-order valence-electron chi connectivity index (χ3n) is 2.36. The van der Waals surface area contributed by atoms with E-state index in [1.165, 1.54) is 0 Å². The van der Waals surface area contributed by atoms with Crippen molar-refractivity contribution in [2.24, 2.45) is 0 Å². The van der Waals surface area contributed by atoms with Gasteiger partial charge in [-0.05, 0) is 19.8 Å². The predicted octanol–water partition coefficient (Wildman–Crippen LogP) is 0.964. The zero-order chi connectivity index (χ0) is 13.3. The lowest BCUT2D eigenvalue weighted by molar-refractivity contribution is -0.137. The maximum absolute atomic E-state index is 11.5. The SMILES string of the molecule is CCC(COC)NC(=O)NC(C)CCC(=O)O. The van der Waals surface area contributed by atoms with Crippen molar-refractivity contribution in [1.82, 2.24) is 10.6 Å². The van der Waals surface area contributed by atoms with Crippen LogP contribution in [0, 0.1) is 0 Å². The number of hydrogen-bond acceptors (Lipinski definition) is 3. The second-order valence-corrected chi connectivity index (χ2v) is 4.01. The molecule has 0 radical (unpaired) electrons. The fraction of sp³-hybridized carbons (Fsp3) is 0.818. The van der Waals surface area contributed by atoms with Crippen molar-refractivity contribution in [3.05, 3.63) is 0 Å². The van der Waals surface area contributed by atoms with Crippen molar-refractivity contribution in [3.63, 3.8) is 0 Å². The molecule has 0 heterocycles. The summed E-state index contributed by atoms with van der Waals surface area (Å²) in [5, 5.41) is 14.0. The van der Waals surface area contributed by atoms with Crippen molar-refractivity contribution in [2.75, 3.05) is 13.7 Å². The Morgan fingerprint density at radius 1 is 1.35 bits per heavy atom. The average Bonchev–Trinajstić information content (AvgIpc) is 2.25. The van der Waals surface area contributed by atoms with E-state index in [0.29, 0.717) is 13.0 Å². The van der Waals surface area contributed by atoms with E-state index in [2.05, 4.69) is 10.6 Å². The molecule has 0 bridgehead atoms. The molecular weight excluding hydrogens is 224 g/mol. The van der Waals surface area contributed by atoms with Gasteiger partial charge in [-0.25, -0.2) is 4.79 Å². The van der Waals surface area contributed by atoms with Gasteiger partial charge in [0.2, 0.25) is 0 Å². The van der Waals surface area contributed by atoms with Gasteiger partial charge in [0.1, 0.15) is 0 Å². The van der Waals surface area contributed by atoms with E-state index in [4.69, 9.17) is 9.84 Å². The van der Waals surface area contributed by atoms with E-state index in [1.807, 2.05) is 6.92 Å². The summed E-state index contributed by atoms with van der Waals surface area (Å²) in [6.45, 7) is 4.20. The normalized spacial score (nSPS) is 13.8. The molecule has 0 aliphatic carbocycles. The molecule has 0 saturated carbocycles. The minimum Gasteiger partial charge on any atom is -0.481 e. The molecule has 0 fully saturated rings. The van der Waals surface area contributed by atoms with Crippen molar-refractivity contribution in [2.45, 2.75) is 45.2 Å². The number of urea groups is 1. The highest BCUT2D eigenvalue weighted by Crippen LogP contribution is 1.97. The van der Waals surface area contributed by atoms with Gasteiger partial charge in [-0.2, -0.15) is 0 Å². The number of methoxy groups -OCH3 is 1. The van der Waals surface area contributed by atoms with Crippen LogP contribution < -0.4 is 10.6 Å². The highest BCUT2D eigenvalue weighted by atomic mass is 16.5. The number of carboxylic acids is 1. The van der Waals surface area contributed by atoms with Crippen molar-refractivity contribution in [3.8, 4) is 0 Å². The summed E-state index contributed by atoms with van der Waals surface area (Å²) in [5.74, 6) is -0.857. The van der Waals surface area contributed by atoms with Crippen LogP contribution in [-0.2, 0) is 9.53 Å². The van der Waals surface area contributed by atoms with Crippen LogP contribution in [0.3, 0.4) is 0 Å². The first-order chi connectivity index (χ1) is 7.99. The smallest absolute Gasteiger partial charge is 0.315 e. The number of rotatable bonds is 8. The number of carbonyl (C=O) groups is 2. The Bertz CT molecular complexity index is 246. The van der Waals surface area contributed by atoms with E-state index in [0.717, 1.165) is 6.42 Å². The molecule has 6 heteroatoms. The number of carboxylic acid groups (broad SMARTS) is 1. The van der Waals surface area contributed by atoms with E-state index >= 15 is 0 Å². The molecule has 0 aromatic heterocycles. The molecule has 0 aromatic carbocycles. The number of ether oxygens (including phenoxy) is 1. The van der Waals surface area contributed by atoms with Crippen LogP contribution in [0.1, 0.15) is 33.1 Å². The molecule has 0 aliphatic heterocycles. The van der Waals surface area contributed by atoms with E-state index < -0.39 is 5.97 Å². The predicted molar refractivity (Wildman–Crippen MR) is 64.0 cm³/mol. The van der Waals surface area contributed by atoms with Crippen molar-refractivity contribution in [1.29, 1.82) is 0 Å². The first-order valence-electron chi connectivity index (χ1n) is 5.77. The Morgan fingerprint density at radius 2 is 2.00 bits per heavy atom. The molecule has 0 spiro atoms. The van der Waals surface area contributed by atoms with E-state index in [-0.39, 0.29) is 24.5 Å². The molecule has 0 aliphatic rings. The van der Waals surface area contributed by atoms with Gasteiger partial charge in [-0.15, -0.1) is 0 Å². The summed E-state index contributed by atoms with van der Waals surface area (Å²) in [5.41, 5.74) is 0. The molecule has 0 saturated heterocycles. The number of amides is 2. The van der Waals surface area contributed by atoms with Gasteiger partial charge in [-0.1, -0.05) is 6.92 Å².